The minimum absolute atomic E-state index is 0.112. The Hall–Kier alpha value is -1.95. The molecule has 2 N–H and O–H groups in total. The molecule has 0 aliphatic rings. The van der Waals surface area contributed by atoms with Gasteiger partial charge in [-0.25, -0.2) is 0 Å². The Morgan fingerprint density at radius 1 is 1.12 bits per heavy atom. The lowest BCUT2D eigenvalue weighted by Crippen LogP contribution is -3.08. The van der Waals surface area contributed by atoms with Crippen molar-refractivity contribution >= 4 is 34.8 Å². The van der Waals surface area contributed by atoms with Gasteiger partial charge in [0.1, 0.15) is 6.54 Å². The van der Waals surface area contributed by atoms with Gasteiger partial charge < -0.3 is 19.7 Å². The highest BCUT2D eigenvalue weighted by molar-refractivity contribution is 6.35. The van der Waals surface area contributed by atoms with E-state index in [1.807, 2.05) is 32.2 Å². The van der Waals surface area contributed by atoms with Gasteiger partial charge in [-0.3, -0.25) is 4.79 Å². The fraction of sp³-hybridized carbons (Fsp3) is 0.316. The van der Waals surface area contributed by atoms with Gasteiger partial charge in [-0.15, -0.1) is 0 Å². The maximum absolute atomic E-state index is 12.2. The summed E-state index contributed by atoms with van der Waals surface area (Å²) in [4.78, 5) is 13.3. The molecule has 2 aromatic carbocycles. The van der Waals surface area contributed by atoms with Crippen molar-refractivity contribution in [2.45, 2.75) is 13.5 Å². The number of methoxy groups -OCH3 is 1. The molecule has 1 amide bonds. The van der Waals surface area contributed by atoms with E-state index in [4.69, 9.17) is 32.7 Å². The lowest BCUT2D eigenvalue weighted by atomic mass is 10.2. The first-order chi connectivity index (χ1) is 12.4. The topological polar surface area (TPSA) is 52.0 Å². The van der Waals surface area contributed by atoms with Crippen molar-refractivity contribution in [2.24, 2.45) is 0 Å². The number of hydrogen-bond acceptors (Lipinski definition) is 3. The number of halogens is 2. The molecule has 1 atom stereocenters. The van der Waals surface area contributed by atoms with Crippen LogP contribution in [0.3, 0.4) is 0 Å². The summed E-state index contributed by atoms with van der Waals surface area (Å²) in [6.45, 7) is 3.48. The third-order valence-corrected chi connectivity index (χ3v) is 4.08. The van der Waals surface area contributed by atoms with Gasteiger partial charge >= 0.3 is 0 Å². The van der Waals surface area contributed by atoms with E-state index in [9.17, 15) is 4.79 Å². The molecule has 0 spiro atoms. The number of anilines is 1. The van der Waals surface area contributed by atoms with Crippen molar-refractivity contribution < 1.29 is 19.2 Å². The second-order valence-corrected chi connectivity index (χ2v) is 6.81. The van der Waals surface area contributed by atoms with Crippen molar-refractivity contribution in [1.82, 2.24) is 0 Å². The molecule has 0 aliphatic carbocycles. The fourth-order valence-electron chi connectivity index (χ4n) is 2.61. The number of amides is 1. The van der Waals surface area contributed by atoms with Gasteiger partial charge in [0, 0.05) is 21.3 Å². The quantitative estimate of drug-likeness (QED) is 0.719. The Bertz CT molecular complexity index is 748. The Kier molecular flexibility index (Phi) is 7.57. The molecule has 7 heteroatoms. The van der Waals surface area contributed by atoms with Crippen molar-refractivity contribution in [3.8, 4) is 11.5 Å². The highest BCUT2D eigenvalue weighted by Crippen LogP contribution is 2.27. The molecule has 5 nitrogen and oxygen atoms in total. The smallest absolute Gasteiger partial charge is 0.279 e. The number of quaternary nitrogens is 1. The third kappa shape index (κ3) is 6.09. The zero-order valence-electron chi connectivity index (χ0n) is 15.1. The van der Waals surface area contributed by atoms with Crippen LogP contribution in [-0.4, -0.2) is 33.2 Å². The van der Waals surface area contributed by atoms with Crippen molar-refractivity contribution in [2.75, 3.05) is 32.6 Å². The minimum atomic E-state index is -0.112. The van der Waals surface area contributed by atoms with Crippen LogP contribution in [0.25, 0.3) is 0 Å². The van der Waals surface area contributed by atoms with Gasteiger partial charge in [0.05, 0.1) is 20.8 Å². The molecular weight excluding hydrogens is 375 g/mol. The minimum Gasteiger partial charge on any atom is -0.493 e. The number of hydrogen-bond donors (Lipinski definition) is 2. The number of carbonyl (C=O) groups is 1. The molecule has 0 radical (unpaired) electrons. The van der Waals surface area contributed by atoms with Crippen LogP contribution in [0.15, 0.2) is 36.4 Å². The van der Waals surface area contributed by atoms with Crippen molar-refractivity contribution in [3.63, 3.8) is 0 Å². The van der Waals surface area contributed by atoms with Crippen LogP contribution in [-0.2, 0) is 11.3 Å². The van der Waals surface area contributed by atoms with E-state index in [1.54, 1.807) is 25.3 Å². The number of rotatable bonds is 8. The van der Waals surface area contributed by atoms with Crippen molar-refractivity contribution in [3.05, 3.63) is 52.0 Å². The summed E-state index contributed by atoms with van der Waals surface area (Å²) < 4.78 is 10.9. The summed E-state index contributed by atoms with van der Waals surface area (Å²) in [5.74, 6) is 1.29. The predicted octanol–water partition coefficient (Wildman–Crippen LogP) is 3.05. The van der Waals surface area contributed by atoms with Crippen LogP contribution >= 0.6 is 23.2 Å². The summed E-state index contributed by atoms with van der Waals surface area (Å²) >= 11 is 11.9. The summed E-state index contributed by atoms with van der Waals surface area (Å²) in [6.07, 6.45) is 0. The first-order valence-corrected chi connectivity index (χ1v) is 9.03. The van der Waals surface area contributed by atoms with Crippen LogP contribution in [0.1, 0.15) is 12.5 Å². The number of carbonyl (C=O) groups excluding carboxylic acids is 1. The van der Waals surface area contributed by atoms with Gasteiger partial charge in [0.15, 0.2) is 18.0 Å². The number of nitrogens with one attached hydrogen (secondary N) is 2. The molecule has 0 aromatic heterocycles. The van der Waals surface area contributed by atoms with Gasteiger partial charge in [-0.1, -0.05) is 23.2 Å². The first-order valence-electron chi connectivity index (χ1n) is 8.28. The van der Waals surface area contributed by atoms with E-state index >= 15 is 0 Å². The molecule has 0 fully saturated rings. The van der Waals surface area contributed by atoms with Crippen LogP contribution in [0.2, 0.25) is 10.0 Å². The van der Waals surface area contributed by atoms with E-state index in [2.05, 4.69) is 5.32 Å². The largest absolute Gasteiger partial charge is 0.493 e. The van der Waals surface area contributed by atoms with E-state index in [1.165, 1.54) is 0 Å². The normalized spacial score (nSPS) is 11.7. The van der Waals surface area contributed by atoms with Gasteiger partial charge in [0.25, 0.3) is 5.91 Å². The molecular formula is C19H23Cl2N2O3+. The molecule has 2 aromatic rings. The summed E-state index contributed by atoms with van der Waals surface area (Å²) in [6, 6.07) is 10.7. The maximum Gasteiger partial charge on any atom is 0.279 e. The number of benzene rings is 2. The summed E-state index contributed by atoms with van der Waals surface area (Å²) in [5.41, 5.74) is 1.64. The van der Waals surface area contributed by atoms with Crippen LogP contribution in [0, 0.1) is 0 Å². The molecule has 2 rings (SSSR count). The van der Waals surface area contributed by atoms with Gasteiger partial charge in [-0.05, 0) is 43.3 Å². The van der Waals surface area contributed by atoms with Crippen LogP contribution < -0.4 is 19.7 Å². The van der Waals surface area contributed by atoms with Gasteiger partial charge in [0.2, 0.25) is 0 Å². The van der Waals surface area contributed by atoms with E-state index in [0.29, 0.717) is 46.9 Å². The molecule has 0 aliphatic heterocycles. The average molecular weight is 398 g/mol. The molecule has 0 bridgehead atoms. The van der Waals surface area contributed by atoms with Crippen molar-refractivity contribution in [1.29, 1.82) is 0 Å². The molecule has 0 heterocycles. The lowest BCUT2D eigenvalue weighted by molar-refractivity contribution is -0.885. The Morgan fingerprint density at radius 3 is 2.42 bits per heavy atom. The SMILES string of the molecule is CCOc1ccc(C[NH+](C)CC(=O)Nc2cc(Cl)cc(Cl)c2)cc1OC. The van der Waals surface area contributed by atoms with E-state index in [0.717, 1.165) is 10.5 Å². The fourth-order valence-corrected chi connectivity index (χ4v) is 3.14. The molecule has 0 saturated heterocycles. The predicted molar refractivity (Wildman–Crippen MR) is 105 cm³/mol. The standard InChI is InChI=1S/C19H22Cl2N2O3/c1-4-26-17-6-5-13(7-18(17)25-3)11-23(2)12-19(24)22-16-9-14(20)8-15(21)10-16/h5-10H,4,11-12H2,1-3H3,(H,22,24)/p+1. The highest BCUT2D eigenvalue weighted by Gasteiger charge is 2.13. The highest BCUT2D eigenvalue weighted by atomic mass is 35.5. The number of ether oxygens (including phenoxy) is 2. The number of likely N-dealkylation sites (N-methyl/N-ethyl adjacent to an activating group) is 1. The maximum atomic E-state index is 12.2. The monoisotopic (exact) mass is 397 g/mol. The zero-order valence-corrected chi connectivity index (χ0v) is 16.6. The van der Waals surface area contributed by atoms with Gasteiger partial charge in [-0.2, -0.15) is 0 Å². The summed E-state index contributed by atoms with van der Waals surface area (Å²) in [7, 11) is 3.56. The Balaban J connectivity index is 1.95. The Labute approximate surface area is 163 Å². The molecule has 1 unspecified atom stereocenters. The Morgan fingerprint density at radius 2 is 1.81 bits per heavy atom. The van der Waals surface area contributed by atoms with E-state index in [-0.39, 0.29) is 5.91 Å². The second-order valence-electron chi connectivity index (χ2n) is 5.94. The lowest BCUT2D eigenvalue weighted by Gasteiger charge is -2.16. The first kappa shape index (κ1) is 20.4. The third-order valence-electron chi connectivity index (χ3n) is 3.64. The molecule has 26 heavy (non-hydrogen) atoms. The van der Waals surface area contributed by atoms with E-state index < -0.39 is 0 Å². The van der Waals surface area contributed by atoms with Crippen LogP contribution in [0.4, 0.5) is 5.69 Å². The molecule has 140 valence electrons. The second kappa shape index (κ2) is 9.67. The summed E-state index contributed by atoms with van der Waals surface area (Å²) in [5, 5.41) is 3.78. The van der Waals surface area contributed by atoms with Crippen LogP contribution in [0.5, 0.6) is 11.5 Å². The average Bonchev–Trinajstić information content (AvgIpc) is 2.55. The zero-order chi connectivity index (χ0) is 19.1. The molecule has 0 saturated carbocycles.